The zero-order chi connectivity index (χ0) is 14.8. The smallest absolute Gasteiger partial charge is 0.339 e. The molecule has 2 heterocycles. The number of pyridine rings is 1. The topological polar surface area (TPSA) is 63.8 Å². The number of carboxylic acids is 1. The van der Waals surface area contributed by atoms with E-state index in [0.717, 1.165) is 17.0 Å². The molecule has 0 fully saturated rings. The number of benzene rings is 1. The lowest BCUT2D eigenvalue weighted by Crippen LogP contribution is -1.99. The molecular formula is C16H14N2O3. The first kappa shape index (κ1) is 13.2. The Morgan fingerprint density at radius 2 is 2.10 bits per heavy atom. The Balaban J connectivity index is 2.02. The molecule has 5 heteroatoms. The fraction of sp³-hybridized carbons (Fsp3) is 0.125. The number of para-hydroxylation sites is 1. The Hall–Kier alpha value is -2.82. The van der Waals surface area contributed by atoms with Crippen LogP contribution in [0.4, 0.5) is 0 Å². The molecule has 0 saturated carbocycles. The third-order valence-electron chi connectivity index (χ3n) is 3.33. The van der Waals surface area contributed by atoms with Crippen molar-refractivity contribution >= 4 is 11.6 Å². The van der Waals surface area contributed by atoms with Crippen molar-refractivity contribution in [2.45, 2.75) is 6.42 Å². The minimum Gasteiger partial charge on any atom is -0.496 e. The van der Waals surface area contributed by atoms with Gasteiger partial charge in [-0.2, -0.15) is 0 Å². The van der Waals surface area contributed by atoms with Gasteiger partial charge in [-0.25, -0.2) is 9.78 Å². The van der Waals surface area contributed by atoms with Crippen LogP contribution in [-0.2, 0) is 6.42 Å². The van der Waals surface area contributed by atoms with Gasteiger partial charge in [0, 0.05) is 24.4 Å². The summed E-state index contributed by atoms with van der Waals surface area (Å²) in [6, 6.07) is 11.0. The molecule has 0 saturated heterocycles. The fourth-order valence-corrected chi connectivity index (χ4v) is 2.36. The van der Waals surface area contributed by atoms with Gasteiger partial charge >= 0.3 is 5.97 Å². The Morgan fingerprint density at radius 3 is 2.86 bits per heavy atom. The minimum atomic E-state index is -0.977. The molecule has 0 aliphatic carbocycles. The third kappa shape index (κ3) is 2.45. The van der Waals surface area contributed by atoms with Crippen molar-refractivity contribution in [3.63, 3.8) is 0 Å². The summed E-state index contributed by atoms with van der Waals surface area (Å²) in [5.41, 5.74) is 2.46. The van der Waals surface area contributed by atoms with Gasteiger partial charge in [0.1, 0.15) is 11.3 Å². The first-order valence-corrected chi connectivity index (χ1v) is 6.51. The highest BCUT2D eigenvalue weighted by atomic mass is 16.5. The largest absolute Gasteiger partial charge is 0.496 e. The van der Waals surface area contributed by atoms with E-state index in [0.29, 0.717) is 12.1 Å². The highest BCUT2D eigenvalue weighted by molar-refractivity contribution is 5.94. The van der Waals surface area contributed by atoms with E-state index < -0.39 is 5.97 Å². The number of fused-ring (bicyclic) bond motifs is 1. The summed E-state index contributed by atoms with van der Waals surface area (Å²) in [5.74, 6) is -0.178. The van der Waals surface area contributed by atoms with Gasteiger partial charge in [0.25, 0.3) is 0 Å². The van der Waals surface area contributed by atoms with Gasteiger partial charge in [0.2, 0.25) is 0 Å². The molecule has 0 atom stereocenters. The zero-order valence-corrected chi connectivity index (χ0v) is 11.5. The van der Waals surface area contributed by atoms with E-state index in [1.54, 1.807) is 29.8 Å². The molecule has 0 aliphatic rings. The van der Waals surface area contributed by atoms with Crippen LogP contribution >= 0.6 is 0 Å². The Kier molecular flexibility index (Phi) is 3.31. The predicted molar refractivity (Wildman–Crippen MR) is 78.0 cm³/mol. The van der Waals surface area contributed by atoms with Crippen molar-refractivity contribution in [1.29, 1.82) is 0 Å². The number of methoxy groups -OCH3 is 1. The van der Waals surface area contributed by atoms with Gasteiger partial charge in [-0.15, -0.1) is 0 Å². The van der Waals surface area contributed by atoms with Crippen LogP contribution in [0, 0.1) is 0 Å². The SMILES string of the molecule is COc1ccccc1Cc1cn2cccc(C(=O)O)c2n1. The van der Waals surface area contributed by atoms with Crippen molar-refractivity contribution in [3.05, 3.63) is 65.6 Å². The highest BCUT2D eigenvalue weighted by Crippen LogP contribution is 2.21. The third-order valence-corrected chi connectivity index (χ3v) is 3.33. The van der Waals surface area contributed by atoms with Crippen LogP contribution in [0.2, 0.25) is 0 Å². The van der Waals surface area contributed by atoms with Crippen LogP contribution in [0.15, 0.2) is 48.8 Å². The summed E-state index contributed by atoms with van der Waals surface area (Å²) in [6.07, 6.45) is 4.22. The standard InChI is InChI=1S/C16H14N2O3/c1-21-14-7-3-2-5-11(14)9-12-10-18-8-4-6-13(16(19)20)15(18)17-12/h2-8,10H,9H2,1H3,(H,19,20). The molecule has 3 rings (SSSR count). The number of hydrogen-bond acceptors (Lipinski definition) is 3. The van der Waals surface area contributed by atoms with Crippen molar-refractivity contribution < 1.29 is 14.6 Å². The minimum absolute atomic E-state index is 0.198. The lowest BCUT2D eigenvalue weighted by Gasteiger charge is -2.05. The van der Waals surface area contributed by atoms with E-state index in [4.69, 9.17) is 4.74 Å². The number of carbonyl (C=O) groups is 1. The van der Waals surface area contributed by atoms with E-state index >= 15 is 0 Å². The van der Waals surface area contributed by atoms with Crippen LogP contribution in [0.25, 0.3) is 5.65 Å². The van der Waals surface area contributed by atoms with Crippen molar-refractivity contribution in [3.8, 4) is 5.75 Å². The van der Waals surface area contributed by atoms with Crippen LogP contribution in [0.3, 0.4) is 0 Å². The maximum atomic E-state index is 11.2. The molecule has 0 amide bonds. The van der Waals surface area contributed by atoms with E-state index in [1.165, 1.54) is 0 Å². The van der Waals surface area contributed by atoms with E-state index in [1.807, 2.05) is 30.5 Å². The highest BCUT2D eigenvalue weighted by Gasteiger charge is 2.12. The van der Waals surface area contributed by atoms with Gasteiger partial charge in [0.05, 0.1) is 12.8 Å². The molecule has 0 aliphatic heterocycles. The molecule has 3 aromatic rings. The normalized spacial score (nSPS) is 10.7. The molecule has 1 aromatic carbocycles. The Morgan fingerprint density at radius 1 is 1.29 bits per heavy atom. The number of hydrogen-bond donors (Lipinski definition) is 1. The summed E-state index contributed by atoms with van der Waals surface area (Å²) >= 11 is 0. The number of carboxylic acid groups (broad SMARTS) is 1. The van der Waals surface area contributed by atoms with Gasteiger partial charge in [-0.1, -0.05) is 18.2 Å². The summed E-state index contributed by atoms with van der Waals surface area (Å²) < 4.78 is 7.06. The number of imidazole rings is 1. The summed E-state index contributed by atoms with van der Waals surface area (Å²) in [5, 5.41) is 9.19. The zero-order valence-electron chi connectivity index (χ0n) is 11.5. The summed E-state index contributed by atoms with van der Waals surface area (Å²) in [6.45, 7) is 0. The second kappa shape index (κ2) is 5.28. The average molecular weight is 282 g/mol. The lowest BCUT2D eigenvalue weighted by molar-refractivity contribution is 0.0698. The average Bonchev–Trinajstić information content (AvgIpc) is 2.89. The first-order chi connectivity index (χ1) is 10.2. The molecule has 106 valence electrons. The Bertz CT molecular complexity index is 808. The van der Waals surface area contributed by atoms with Gasteiger partial charge in [0.15, 0.2) is 5.65 Å². The second-order valence-electron chi connectivity index (χ2n) is 4.68. The second-order valence-corrected chi connectivity index (χ2v) is 4.68. The van der Waals surface area contributed by atoms with Crippen LogP contribution in [0.5, 0.6) is 5.75 Å². The molecular weight excluding hydrogens is 268 g/mol. The molecule has 2 aromatic heterocycles. The lowest BCUT2D eigenvalue weighted by atomic mass is 10.1. The molecule has 0 bridgehead atoms. The van der Waals surface area contributed by atoms with Gasteiger partial charge in [-0.3, -0.25) is 0 Å². The molecule has 1 N–H and O–H groups in total. The first-order valence-electron chi connectivity index (χ1n) is 6.51. The quantitative estimate of drug-likeness (QED) is 0.799. The van der Waals surface area contributed by atoms with E-state index in [9.17, 15) is 9.90 Å². The number of ether oxygens (including phenoxy) is 1. The molecule has 0 spiro atoms. The van der Waals surface area contributed by atoms with E-state index in [2.05, 4.69) is 4.98 Å². The van der Waals surface area contributed by atoms with Crippen molar-refractivity contribution in [2.24, 2.45) is 0 Å². The number of rotatable bonds is 4. The monoisotopic (exact) mass is 282 g/mol. The van der Waals surface area contributed by atoms with Gasteiger partial charge < -0.3 is 14.2 Å². The Labute approximate surface area is 121 Å². The number of aromatic nitrogens is 2. The summed E-state index contributed by atoms with van der Waals surface area (Å²) in [7, 11) is 1.63. The van der Waals surface area contributed by atoms with Crippen molar-refractivity contribution in [1.82, 2.24) is 9.38 Å². The fourth-order valence-electron chi connectivity index (χ4n) is 2.36. The molecule has 5 nitrogen and oxygen atoms in total. The predicted octanol–water partition coefficient (Wildman–Crippen LogP) is 2.63. The van der Waals surface area contributed by atoms with E-state index in [-0.39, 0.29) is 5.56 Å². The van der Waals surface area contributed by atoms with Gasteiger partial charge in [-0.05, 0) is 18.2 Å². The number of nitrogens with zero attached hydrogens (tertiary/aromatic N) is 2. The maximum Gasteiger partial charge on any atom is 0.339 e. The molecule has 21 heavy (non-hydrogen) atoms. The number of aromatic carboxylic acids is 1. The molecule has 0 radical (unpaired) electrons. The maximum absolute atomic E-state index is 11.2. The van der Waals surface area contributed by atoms with Crippen LogP contribution in [-0.4, -0.2) is 27.6 Å². The van der Waals surface area contributed by atoms with Crippen LogP contribution in [0.1, 0.15) is 21.6 Å². The summed E-state index contributed by atoms with van der Waals surface area (Å²) in [4.78, 5) is 15.6. The molecule has 0 unspecified atom stereocenters. The van der Waals surface area contributed by atoms with Crippen LogP contribution < -0.4 is 4.74 Å². The van der Waals surface area contributed by atoms with Crippen molar-refractivity contribution in [2.75, 3.05) is 7.11 Å².